The summed E-state index contributed by atoms with van der Waals surface area (Å²) in [4.78, 5) is 0. The summed E-state index contributed by atoms with van der Waals surface area (Å²) >= 11 is 0. The number of hydrogen-bond donors (Lipinski definition) is 1. The molecule has 1 aromatic carbocycles. The van der Waals surface area contributed by atoms with Crippen LogP contribution in [0.25, 0.3) is 0 Å². The van der Waals surface area contributed by atoms with Crippen LogP contribution in [-0.2, 0) is 4.74 Å². The molecule has 2 nitrogen and oxygen atoms in total. The fourth-order valence-corrected chi connectivity index (χ4v) is 1.53. The van der Waals surface area contributed by atoms with Crippen molar-refractivity contribution in [2.24, 2.45) is 0 Å². The van der Waals surface area contributed by atoms with Gasteiger partial charge < -0.3 is 10.1 Å². The first-order valence-corrected chi connectivity index (χ1v) is 5.57. The Bertz CT molecular complexity index is 269. The zero-order valence-corrected chi connectivity index (χ0v) is 9.92. The molecule has 0 unspecified atom stereocenters. The van der Waals surface area contributed by atoms with Crippen LogP contribution in [0.4, 0.5) is 5.69 Å². The Balaban J connectivity index is 2.27. The Morgan fingerprint density at radius 1 is 1.20 bits per heavy atom. The molecule has 0 bridgehead atoms. The summed E-state index contributed by atoms with van der Waals surface area (Å²) in [5, 5.41) is 3.38. The Hall–Kier alpha value is -1.02. The highest BCUT2D eigenvalue weighted by molar-refractivity contribution is 5.42. The van der Waals surface area contributed by atoms with Gasteiger partial charge in [-0.2, -0.15) is 0 Å². The van der Waals surface area contributed by atoms with Gasteiger partial charge in [0.15, 0.2) is 0 Å². The molecule has 0 heterocycles. The van der Waals surface area contributed by atoms with Crippen LogP contribution in [0.1, 0.15) is 27.2 Å². The minimum atomic E-state index is -0.0312. The summed E-state index contributed by atoms with van der Waals surface area (Å²) in [7, 11) is 0. The topological polar surface area (TPSA) is 21.3 Å². The van der Waals surface area contributed by atoms with Crippen molar-refractivity contribution in [3.63, 3.8) is 0 Å². The molecular weight excluding hydrogens is 186 g/mol. The van der Waals surface area contributed by atoms with Gasteiger partial charge in [-0.3, -0.25) is 0 Å². The zero-order chi connectivity index (χ0) is 11.1. The van der Waals surface area contributed by atoms with Crippen LogP contribution in [0.15, 0.2) is 30.3 Å². The Kier molecular flexibility index (Phi) is 4.63. The van der Waals surface area contributed by atoms with Crippen LogP contribution < -0.4 is 5.32 Å². The van der Waals surface area contributed by atoms with E-state index in [1.54, 1.807) is 0 Å². The lowest BCUT2D eigenvalue weighted by Crippen LogP contribution is -2.27. The lowest BCUT2D eigenvalue weighted by molar-refractivity contribution is -0.0134. The number of anilines is 1. The molecule has 1 rings (SSSR count). The third kappa shape index (κ3) is 4.84. The van der Waals surface area contributed by atoms with Crippen molar-refractivity contribution in [1.82, 2.24) is 0 Å². The zero-order valence-electron chi connectivity index (χ0n) is 9.92. The van der Waals surface area contributed by atoms with E-state index in [1.165, 1.54) is 5.69 Å². The van der Waals surface area contributed by atoms with E-state index in [1.807, 2.05) is 25.1 Å². The smallest absolute Gasteiger partial charge is 0.0643 e. The fraction of sp³-hybridized carbons (Fsp3) is 0.538. The quantitative estimate of drug-likeness (QED) is 0.772. The highest BCUT2D eigenvalue weighted by Crippen LogP contribution is 2.14. The molecule has 0 spiro atoms. The molecule has 84 valence electrons. The number of rotatable bonds is 6. The number of nitrogens with one attached hydrogen (secondary N) is 1. The van der Waals surface area contributed by atoms with Crippen molar-refractivity contribution in [2.45, 2.75) is 32.8 Å². The Morgan fingerprint density at radius 2 is 1.87 bits per heavy atom. The van der Waals surface area contributed by atoms with Crippen molar-refractivity contribution in [2.75, 3.05) is 18.5 Å². The van der Waals surface area contributed by atoms with Gasteiger partial charge in [-0.05, 0) is 39.3 Å². The largest absolute Gasteiger partial charge is 0.385 e. The molecule has 15 heavy (non-hydrogen) atoms. The average molecular weight is 207 g/mol. The monoisotopic (exact) mass is 207 g/mol. The van der Waals surface area contributed by atoms with Gasteiger partial charge in [-0.15, -0.1) is 0 Å². The van der Waals surface area contributed by atoms with Gasteiger partial charge in [0.25, 0.3) is 0 Å². The molecule has 0 aliphatic carbocycles. The van der Waals surface area contributed by atoms with Crippen molar-refractivity contribution < 1.29 is 4.74 Å². The van der Waals surface area contributed by atoms with Crippen LogP contribution in [0, 0.1) is 0 Å². The van der Waals surface area contributed by atoms with E-state index >= 15 is 0 Å². The first kappa shape index (κ1) is 12.1. The minimum Gasteiger partial charge on any atom is -0.385 e. The molecule has 0 fully saturated rings. The normalized spacial score (nSPS) is 11.4. The second-order valence-electron chi connectivity index (χ2n) is 4.24. The maximum absolute atomic E-state index is 5.63. The molecule has 0 aliphatic rings. The number of benzene rings is 1. The van der Waals surface area contributed by atoms with Crippen LogP contribution in [0.3, 0.4) is 0 Å². The molecule has 1 N–H and O–H groups in total. The number of ether oxygens (including phenoxy) is 1. The second kappa shape index (κ2) is 5.76. The van der Waals surface area contributed by atoms with Crippen molar-refractivity contribution in [3.05, 3.63) is 30.3 Å². The van der Waals surface area contributed by atoms with Gasteiger partial charge >= 0.3 is 0 Å². The van der Waals surface area contributed by atoms with Crippen LogP contribution in [0.5, 0.6) is 0 Å². The second-order valence-corrected chi connectivity index (χ2v) is 4.24. The summed E-state index contributed by atoms with van der Waals surface area (Å²) < 4.78 is 5.63. The van der Waals surface area contributed by atoms with E-state index < -0.39 is 0 Å². The SMILES string of the molecule is CCOC(C)(C)CCNc1ccccc1. The summed E-state index contributed by atoms with van der Waals surface area (Å²) in [6.45, 7) is 8.01. The molecule has 0 amide bonds. The first-order valence-electron chi connectivity index (χ1n) is 5.57. The molecule has 0 radical (unpaired) electrons. The molecule has 0 aliphatic heterocycles. The van der Waals surface area contributed by atoms with Gasteiger partial charge in [0.2, 0.25) is 0 Å². The van der Waals surface area contributed by atoms with Crippen LogP contribution >= 0.6 is 0 Å². The molecule has 1 aromatic rings. The maximum Gasteiger partial charge on any atom is 0.0643 e. The molecule has 0 saturated heterocycles. The number of para-hydroxylation sites is 1. The molecule has 0 aromatic heterocycles. The lowest BCUT2D eigenvalue weighted by atomic mass is 10.1. The van der Waals surface area contributed by atoms with Crippen molar-refractivity contribution >= 4 is 5.69 Å². The standard InChI is InChI=1S/C13H21NO/c1-4-15-13(2,3)10-11-14-12-8-6-5-7-9-12/h5-9,14H,4,10-11H2,1-3H3. The van der Waals surface area contributed by atoms with E-state index in [4.69, 9.17) is 4.74 Å². The van der Waals surface area contributed by atoms with Crippen molar-refractivity contribution in [1.29, 1.82) is 0 Å². The lowest BCUT2D eigenvalue weighted by Gasteiger charge is -2.24. The highest BCUT2D eigenvalue weighted by Gasteiger charge is 2.16. The molecule has 2 heteroatoms. The van der Waals surface area contributed by atoms with Crippen LogP contribution in [-0.4, -0.2) is 18.8 Å². The highest BCUT2D eigenvalue weighted by atomic mass is 16.5. The molecule has 0 atom stereocenters. The van der Waals surface area contributed by atoms with Gasteiger partial charge in [-0.1, -0.05) is 18.2 Å². The Labute approximate surface area is 92.6 Å². The molecule has 0 saturated carbocycles. The summed E-state index contributed by atoms with van der Waals surface area (Å²) in [5.74, 6) is 0. The van der Waals surface area contributed by atoms with Gasteiger partial charge in [0, 0.05) is 18.8 Å². The fourth-order valence-electron chi connectivity index (χ4n) is 1.53. The minimum absolute atomic E-state index is 0.0312. The summed E-state index contributed by atoms with van der Waals surface area (Å²) in [6.07, 6.45) is 1.01. The molecular formula is C13H21NO. The third-order valence-corrected chi connectivity index (χ3v) is 2.37. The Morgan fingerprint density at radius 3 is 2.47 bits per heavy atom. The van der Waals surface area contributed by atoms with E-state index in [-0.39, 0.29) is 5.60 Å². The van der Waals surface area contributed by atoms with E-state index in [0.717, 1.165) is 19.6 Å². The van der Waals surface area contributed by atoms with E-state index in [9.17, 15) is 0 Å². The van der Waals surface area contributed by atoms with Crippen LogP contribution in [0.2, 0.25) is 0 Å². The van der Waals surface area contributed by atoms with Gasteiger partial charge in [-0.25, -0.2) is 0 Å². The first-order chi connectivity index (χ1) is 7.14. The average Bonchev–Trinajstić information content (AvgIpc) is 2.19. The maximum atomic E-state index is 5.63. The predicted molar refractivity (Wildman–Crippen MR) is 65.3 cm³/mol. The van der Waals surface area contributed by atoms with Gasteiger partial charge in [0.1, 0.15) is 0 Å². The predicted octanol–water partition coefficient (Wildman–Crippen LogP) is 3.30. The van der Waals surface area contributed by atoms with E-state index in [0.29, 0.717) is 0 Å². The van der Waals surface area contributed by atoms with E-state index in [2.05, 4.69) is 31.3 Å². The summed E-state index contributed by atoms with van der Waals surface area (Å²) in [5.41, 5.74) is 1.14. The third-order valence-electron chi connectivity index (χ3n) is 2.37. The van der Waals surface area contributed by atoms with Crippen molar-refractivity contribution in [3.8, 4) is 0 Å². The summed E-state index contributed by atoms with van der Waals surface area (Å²) in [6, 6.07) is 10.3. The van der Waals surface area contributed by atoms with Gasteiger partial charge in [0.05, 0.1) is 5.60 Å². The number of hydrogen-bond acceptors (Lipinski definition) is 2.